The SMILES string of the molecule is CC(C)(C)OC(=O)N(C[C]=O)c1cccs1. The van der Waals surface area contributed by atoms with Crippen LogP contribution < -0.4 is 4.90 Å². The first kappa shape index (κ1) is 12.7. The van der Waals surface area contributed by atoms with Crippen LogP contribution in [0.1, 0.15) is 20.8 Å². The van der Waals surface area contributed by atoms with Crippen molar-refractivity contribution >= 4 is 28.7 Å². The molecule has 0 unspecified atom stereocenters. The van der Waals surface area contributed by atoms with Crippen LogP contribution in [0.4, 0.5) is 9.80 Å². The number of amides is 1. The minimum absolute atomic E-state index is 0.116. The predicted octanol–water partition coefficient (Wildman–Crippen LogP) is 2.60. The number of nitrogens with zero attached hydrogens (tertiary/aromatic N) is 1. The van der Waals surface area contributed by atoms with Crippen molar-refractivity contribution in [1.82, 2.24) is 0 Å². The first-order valence-corrected chi connectivity index (χ1v) is 5.71. The zero-order chi connectivity index (χ0) is 12.2. The molecule has 1 amide bonds. The summed E-state index contributed by atoms with van der Waals surface area (Å²) in [5, 5.41) is 2.51. The van der Waals surface area contributed by atoms with E-state index < -0.39 is 11.7 Å². The van der Waals surface area contributed by atoms with Crippen molar-refractivity contribution in [2.24, 2.45) is 0 Å². The smallest absolute Gasteiger partial charge is 0.415 e. The Hall–Kier alpha value is -1.36. The molecule has 0 aliphatic carbocycles. The normalized spacial score (nSPS) is 10.9. The monoisotopic (exact) mass is 240 g/mol. The van der Waals surface area contributed by atoms with Gasteiger partial charge in [0, 0.05) is 0 Å². The summed E-state index contributed by atoms with van der Waals surface area (Å²) >= 11 is 1.37. The molecule has 1 heterocycles. The summed E-state index contributed by atoms with van der Waals surface area (Å²) in [5.41, 5.74) is -0.574. The number of carbonyl (C=O) groups excluding carboxylic acids is 2. The van der Waals surface area contributed by atoms with Crippen molar-refractivity contribution < 1.29 is 14.3 Å². The Morgan fingerprint density at radius 1 is 1.56 bits per heavy atom. The maximum atomic E-state index is 11.8. The van der Waals surface area contributed by atoms with Gasteiger partial charge in [0.15, 0.2) is 0 Å². The largest absolute Gasteiger partial charge is 0.443 e. The second-order valence-corrected chi connectivity index (χ2v) is 5.09. The second kappa shape index (κ2) is 5.12. The zero-order valence-corrected chi connectivity index (χ0v) is 10.3. The second-order valence-electron chi connectivity index (χ2n) is 4.16. The van der Waals surface area contributed by atoms with Gasteiger partial charge in [-0.05, 0) is 38.3 Å². The van der Waals surface area contributed by atoms with Crippen molar-refractivity contribution in [3.63, 3.8) is 0 Å². The van der Waals surface area contributed by atoms with Crippen LogP contribution in [0.5, 0.6) is 0 Å². The van der Waals surface area contributed by atoms with E-state index >= 15 is 0 Å². The molecule has 5 heteroatoms. The number of hydrogen-bond acceptors (Lipinski definition) is 4. The summed E-state index contributed by atoms with van der Waals surface area (Å²) in [6, 6.07) is 3.56. The van der Waals surface area contributed by atoms with Crippen LogP contribution in [-0.2, 0) is 9.53 Å². The molecule has 1 aromatic rings. The highest BCUT2D eigenvalue weighted by molar-refractivity contribution is 7.14. The van der Waals surface area contributed by atoms with Crippen LogP contribution in [0.25, 0.3) is 0 Å². The van der Waals surface area contributed by atoms with Gasteiger partial charge in [-0.3, -0.25) is 9.69 Å². The molecule has 0 aromatic carbocycles. The average Bonchev–Trinajstić information content (AvgIpc) is 2.63. The molecule has 0 saturated carbocycles. The highest BCUT2D eigenvalue weighted by Gasteiger charge is 2.23. The fraction of sp³-hybridized carbons (Fsp3) is 0.455. The maximum Gasteiger partial charge on any atom is 0.415 e. The topological polar surface area (TPSA) is 46.6 Å². The summed E-state index contributed by atoms with van der Waals surface area (Å²) in [4.78, 5) is 23.5. The molecule has 4 nitrogen and oxygen atoms in total. The Balaban J connectivity index is 2.78. The van der Waals surface area contributed by atoms with Gasteiger partial charge in [0.25, 0.3) is 0 Å². The molecule has 1 aromatic heterocycles. The van der Waals surface area contributed by atoms with Gasteiger partial charge in [-0.1, -0.05) is 0 Å². The van der Waals surface area contributed by atoms with Crippen molar-refractivity contribution in [3.05, 3.63) is 17.5 Å². The summed E-state index contributed by atoms with van der Waals surface area (Å²) in [6.45, 7) is 5.22. The Labute approximate surface area is 98.8 Å². The lowest BCUT2D eigenvalue weighted by Gasteiger charge is -2.24. The lowest BCUT2D eigenvalue weighted by molar-refractivity contribution is 0.0586. The van der Waals surface area contributed by atoms with E-state index in [-0.39, 0.29) is 6.54 Å². The Morgan fingerprint density at radius 3 is 2.69 bits per heavy atom. The van der Waals surface area contributed by atoms with Crippen molar-refractivity contribution in [3.8, 4) is 0 Å². The lowest BCUT2D eigenvalue weighted by atomic mass is 10.2. The molecular formula is C11H14NO3S. The third kappa shape index (κ3) is 3.66. The van der Waals surface area contributed by atoms with Crippen molar-refractivity contribution in [2.45, 2.75) is 26.4 Å². The molecule has 0 aliphatic heterocycles. The third-order valence-electron chi connectivity index (χ3n) is 1.61. The quantitative estimate of drug-likeness (QED) is 0.815. The molecule has 0 fully saturated rings. The van der Waals surface area contributed by atoms with E-state index in [4.69, 9.17) is 4.74 Å². The zero-order valence-electron chi connectivity index (χ0n) is 9.52. The van der Waals surface area contributed by atoms with Crippen LogP contribution in [0.15, 0.2) is 17.5 Å². The molecule has 0 spiro atoms. The maximum absolute atomic E-state index is 11.8. The van der Waals surface area contributed by atoms with E-state index in [1.165, 1.54) is 16.2 Å². The predicted molar refractivity (Wildman–Crippen MR) is 63.6 cm³/mol. The van der Waals surface area contributed by atoms with Crippen LogP contribution >= 0.6 is 11.3 Å². The fourth-order valence-corrected chi connectivity index (χ4v) is 1.76. The lowest BCUT2D eigenvalue weighted by Crippen LogP contribution is -2.37. The summed E-state index contributed by atoms with van der Waals surface area (Å²) in [5.74, 6) is 0. The highest BCUT2D eigenvalue weighted by Crippen LogP contribution is 2.22. The van der Waals surface area contributed by atoms with Crippen molar-refractivity contribution in [1.29, 1.82) is 0 Å². The molecule has 0 atom stereocenters. The number of hydrogen-bond donors (Lipinski definition) is 0. The average molecular weight is 240 g/mol. The highest BCUT2D eigenvalue weighted by atomic mass is 32.1. The van der Waals surface area contributed by atoms with Gasteiger partial charge in [0.2, 0.25) is 6.29 Å². The Kier molecular flexibility index (Phi) is 4.06. The first-order valence-electron chi connectivity index (χ1n) is 4.83. The van der Waals surface area contributed by atoms with Crippen LogP contribution in [-0.4, -0.2) is 24.5 Å². The van der Waals surface area contributed by atoms with Crippen LogP contribution in [0.3, 0.4) is 0 Å². The molecular weight excluding hydrogens is 226 g/mol. The van der Waals surface area contributed by atoms with Gasteiger partial charge >= 0.3 is 6.09 Å². The number of carbonyl (C=O) groups is 1. The van der Waals surface area contributed by atoms with E-state index in [1.54, 1.807) is 33.1 Å². The van der Waals surface area contributed by atoms with E-state index in [1.807, 2.05) is 11.4 Å². The number of rotatable bonds is 3. The summed E-state index contributed by atoms with van der Waals surface area (Å²) in [6.07, 6.45) is 1.18. The fourth-order valence-electron chi connectivity index (χ4n) is 1.04. The van der Waals surface area contributed by atoms with E-state index in [0.29, 0.717) is 5.00 Å². The van der Waals surface area contributed by atoms with Gasteiger partial charge in [-0.2, -0.15) is 0 Å². The van der Waals surface area contributed by atoms with E-state index in [0.717, 1.165) is 0 Å². The Bertz CT molecular complexity index is 354. The molecule has 0 bridgehead atoms. The van der Waals surface area contributed by atoms with E-state index in [2.05, 4.69) is 0 Å². The number of ether oxygens (including phenoxy) is 1. The Morgan fingerprint density at radius 2 is 2.25 bits per heavy atom. The summed E-state index contributed by atoms with van der Waals surface area (Å²) in [7, 11) is 0. The van der Waals surface area contributed by atoms with Gasteiger partial charge in [0.05, 0.1) is 6.54 Å². The molecule has 87 valence electrons. The third-order valence-corrected chi connectivity index (χ3v) is 2.50. The van der Waals surface area contributed by atoms with Gasteiger partial charge in [-0.25, -0.2) is 4.79 Å². The first-order chi connectivity index (χ1) is 7.44. The number of thiophene rings is 1. The van der Waals surface area contributed by atoms with Crippen molar-refractivity contribution in [2.75, 3.05) is 11.4 Å². The molecule has 16 heavy (non-hydrogen) atoms. The molecule has 1 radical (unpaired) electrons. The molecule has 0 aliphatic rings. The van der Waals surface area contributed by atoms with Crippen LogP contribution in [0.2, 0.25) is 0 Å². The molecule has 1 rings (SSSR count). The van der Waals surface area contributed by atoms with Gasteiger partial charge in [-0.15, -0.1) is 11.3 Å². The minimum atomic E-state index is -0.574. The number of anilines is 1. The van der Waals surface area contributed by atoms with E-state index in [9.17, 15) is 9.59 Å². The summed E-state index contributed by atoms with van der Waals surface area (Å²) < 4.78 is 5.19. The minimum Gasteiger partial charge on any atom is -0.443 e. The standard InChI is InChI=1S/C11H14NO3S/c1-11(2,3)15-10(14)12(6-7-13)9-5-4-8-16-9/h4-5,8H,6H2,1-3H3. The van der Waals surface area contributed by atoms with Gasteiger partial charge in [0.1, 0.15) is 10.6 Å². The molecule has 0 N–H and O–H groups in total. The van der Waals surface area contributed by atoms with Gasteiger partial charge < -0.3 is 4.74 Å². The molecule has 0 saturated heterocycles. The van der Waals surface area contributed by atoms with Crippen LogP contribution in [0, 0.1) is 0 Å².